The van der Waals surface area contributed by atoms with Crippen molar-refractivity contribution in [3.8, 4) is 11.3 Å². The van der Waals surface area contributed by atoms with Crippen molar-refractivity contribution in [1.82, 2.24) is 25.2 Å². The smallest absolute Gasteiger partial charge is 0.219 e. The summed E-state index contributed by atoms with van der Waals surface area (Å²) in [5.74, 6) is 1.09. The number of anilines is 2. The summed E-state index contributed by atoms with van der Waals surface area (Å²) in [6.07, 6.45) is 11.3. The average Bonchev–Trinajstić information content (AvgIpc) is 2.93. The number of benzene rings is 1. The Labute approximate surface area is 209 Å². The van der Waals surface area contributed by atoms with Crippen LogP contribution in [0.15, 0.2) is 49.2 Å². The molecule has 1 aromatic carbocycles. The standard InChI is InChI=1S/C27H29N7O2/c1-17(36)34-8-5-18(6-9-34)23-3-2-22(10-20(23)12-28)32-27-26-19(4-7-31-25(26)15-35)11-24(33-27)21-13-29-16-30-14-21/h2-4,7,10-11,13-16,18,25,31H,5-6,8-9,12,28H2,1H3,(H,32,33). The van der Waals surface area contributed by atoms with Crippen molar-refractivity contribution in [2.75, 3.05) is 18.4 Å². The number of rotatable bonds is 6. The van der Waals surface area contributed by atoms with E-state index in [1.807, 2.05) is 23.1 Å². The topological polar surface area (TPSA) is 126 Å². The molecule has 0 radical (unpaired) electrons. The molecule has 1 amide bonds. The molecule has 1 atom stereocenters. The highest BCUT2D eigenvalue weighted by Crippen LogP contribution is 2.36. The monoisotopic (exact) mass is 483 g/mol. The van der Waals surface area contributed by atoms with E-state index in [-0.39, 0.29) is 5.91 Å². The Morgan fingerprint density at radius 1 is 1.22 bits per heavy atom. The van der Waals surface area contributed by atoms with Crippen molar-refractivity contribution in [3.05, 3.63) is 71.4 Å². The lowest BCUT2D eigenvalue weighted by Crippen LogP contribution is -2.36. The second-order valence-electron chi connectivity index (χ2n) is 9.12. The number of hydrogen-bond donors (Lipinski definition) is 3. The van der Waals surface area contributed by atoms with E-state index in [4.69, 9.17) is 10.7 Å². The molecule has 0 spiro atoms. The summed E-state index contributed by atoms with van der Waals surface area (Å²) >= 11 is 0. The molecule has 0 saturated carbocycles. The molecule has 4 N–H and O–H groups in total. The molecule has 1 unspecified atom stereocenters. The van der Waals surface area contributed by atoms with Gasteiger partial charge in [0.25, 0.3) is 0 Å². The second-order valence-corrected chi connectivity index (χ2v) is 9.12. The lowest BCUT2D eigenvalue weighted by atomic mass is 9.86. The van der Waals surface area contributed by atoms with Gasteiger partial charge in [-0.3, -0.25) is 4.79 Å². The van der Waals surface area contributed by atoms with Crippen molar-refractivity contribution in [1.29, 1.82) is 0 Å². The van der Waals surface area contributed by atoms with Gasteiger partial charge in [0.2, 0.25) is 5.91 Å². The third kappa shape index (κ3) is 4.70. The van der Waals surface area contributed by atoms with Gasteiger partial charge in [-0.2, -0.15) is 0 Å². The molecule has 2 aliphatic rings. The minimum absolute atomic E-state index is 0.130. The first kappa shape index (κ1) is 23.6. The minimum Gasteiger partial charge on any atom is -0.378 e. The third-order valence-corrected chi connectivity index (χ3v) is 6.94. The van der Waals surface area contributed by atoms with Gasteiger partial charge in [-0.1, -0.05) is 6.07 Å². The largest absolute Gasteiger partial charge is 0.378 e. The molecule has 2 aromatic heterocycles. The Bertz CT molecular complexity index is 1300. The number of aromatic nitrogens is 3. The van der Waals surface area contributed by atoms with E-state index < -0.39 is 6.04 Å². The molecule has 9 nitrogen and oxygen atoms in total. The van der Waals surface area contributed by atoms with E-state index in [1.54, 1.807) is 25.5 Å². The molecular weight excluding hydrogens is 454 g/mol. The number of fused-ring (bicyclic) bond motifs is 1. The predicted octanol–water partition coefficient (Wildman–Crippen LogP) is 3.28. The molecule has 184 valence electrons. The van der Waals surface area contributed by atoms with Crippen LogP contribution in [-0.4, -0.2) is 45.1 Å². The Balaban J connectivity index is 1.48. The molecule has 5 rings (SSSR count). The van der Waals surface area contributed by atoms with Crippen molar-refractivity contribution in [3.63, 3.8) is 0 Å². The summed E-state index contributed by atoms with van der Waals surface area (Å²) in [6, 6.07) is 7.63. The highest BCUT2D eigenvalue weighted by Gasteiger charge is 2.25. The first-order valence-electron chi connectivity index (χ1n) is 12.1. The normalized spacial score (nSPS) is 17.3. The first-order chi connectivity index (χ1) is 17.6. The van der Waals surface area contributed by atoms with Gasteiger partial charge in [-0.05, 0) is 65.9 Å². The van der Waals surface area contributed by atoms with Gasteiger partial charge in [0.15, 0.2) is 0 Å². The highest BCUT2D eigenvalue weighted by molar-refractivity contribution is 5.80. The zero-order valence-corrected chi connectivity index (χ0v) is 20.1. The van der Waals surface area contributed by atoms with Crippen molar-refractivity contribution in [2.45, 2.75) is 38.3 Å². The highest BCUT2D eigenvalue weighted by atomic mass is 16.2. The minimum atomic E-state index is -0.513. The van der Waals surface area contributed by atoms with E-state index in [0.717, 1.165) is 60.2 Å². The Morgan fingerprint density at radius 3 is 2.69 bits per heavy atom. The zero-order valence-electron chi connectivity index (χ0n) is 20.1. The summed E-state index contributed by atoms with van der Waals surface area (Å²) in [6.45, 7) is 3.57. The number of amides is 1. The van der Waals surface area contributed by atoms with E-state index in [9.17, 15) is 9.59 Å². The van der Waals surface area contributed by atoms with Crippen molar-refractivity contribution < 1.29 is 9.59 Å². The number of piperidine rings is 1. The maximum atomic E-state index is 11.9. The Morgan fingerprint density at radius 2 is 2.00 bits per heavy atom. The molecule has 4 heterocycles. The maximum absolute atomic E-state index is 11.9. The summed E-state index contributed by atoms with van der Waals surface area (Å²) in [4.78, 5) is 38.5. The van der Waals surface area contributed by atoms with Crippen molar-refractivity contribution >= 4 is 29.8 Å². The maximum Gasteiger partial charge on any atom is 0.219 e. The van der Waals surface area contributed by atoms with Crippen LogP contribution in [0, 0.1) is 0 Å². The fourth-order valence-electron chi connectivity index (χ4n) is 5.05. The van der Waals surface area contributed by atoms with Crippen LogP contribution in [0.1, 0.15) is 54.0 Å². The summed E-state index contributed by atoms with van der Waals surface area (Å²) in [5, 5.41) is 6.54. The number of nitrogens with two attached hydrogens (primary N) is 1. The molecule has 0 aliphatic carbocycles. The van der Waals surface area contributed by atoms with E-state index >= 15 is 0 Å². The van der Waals surface area contributed by atoms with Gasteiger partial charge in [-0.15, -0.1) is 0 Å². The van der Waals surface area contributed by atoms with E-state index in [0.29, 0.717) is 24.0 Å². The average molecular weight is 484 g/mol. The van der Waals surface area contributed by atoms with Gasteiger partial charge in [0.05, 0.1) is 5.69 Å². The van der Waals surface area contributed by atoms with Crippen LogP contribution >= 0.6 is 0 Å². The van der Waals surface area contributed by atoms with E-state index in [1.165, 1.54) is 11.9 Å². The van der Waals surface area contributed by atoms with Crippen LogP contribution in [0.3, 0.4) is 0 Å². The molecule has 0 bridgehead atoms. The lowest BCUT2D eigenvalue weighted by Gasteiger charge is -2.32. The lowest BCUT2D eigenvalue weighted by molar-refractivity contribution is -0.129. The van der Waals surface area contributed by atoms with Crippen LogP contribution < -0.4 is 16.4 Å². The van der Waals surface area contributed by atoms with Gasteiger partial charge in [0.1, 0.15) is 24.5 Å². The first-order valence-corrected chi connectivity index (χ1v) is 12.1. The van der Waals surface area contributed by atoms with Gasteiger partial charge < -0.3 is 26.1 Å². The van der Waals surface area contributed by atoms with Gasteiger partial charge in [-0.25, -0.2) is 15.0 Å². The molecular formula is C27H29N7O2. The van der Waals surface area contributed by atoms with Crippen molar-refractivity contribution in [2.24, 2.45) is 5.73 Å². The molecule has 2 aliphatic heterocycles. The van der Waals surface area contributed by atoms with Gasteiger partial charge >= 0.3 is 0 Å². The Hall–Kier alpha value is -4.11. The number of likely N-dealkylation sites (tertiary alicyclic amines) is 1. The van der Waals surface area contributed by atoms with Gasteiger partial charge in [0, 0.05) is 55.8 Å². The quantitative estimate of drug-likeness (QED) is 0.456. The van der Waals surface area contributed by atoms with Crippen LogP contribution in [0.4, 0.5) is 11.5 Å². The van der Waals surface area contributed by atoms with E-state index in [2.05, 4.69) is 32.7 Å². The predicted molar refractivity (Wildman–Crippen MR) is 138 cm³/mol. The number of carbonyl (C=O) groups is 2. The number of pyridine rings is 1. The number of nitrogens with one attached hydrogen (secondary N) is 2. The third-order valence-electron chi connectivity index (χ3n) is 6.94. The summed E-state index contributed by atoms with van der Waals surface area (Å²) in [7, 11) is 0. The van der Waals surface area contributed by atoms with Crippen LogP contribution in [0.5, 0.6) is 0 Å². The fraction of sp³-hybridized carbons (Fsp3) is 0.296. The SMILES string of the molecule is CC(=O)N1CCC(c2ccc(Nc3nc(-c4cncnc4)cc4c3C(C=O)NC=C4)cc2CN)CC1. The number of nitrogens with zero attached hydrogens (tertiary/aromatic N) is 4. The molecule has 1 fully saturated rings. The summed E-state index contributed by atoms with van der Waals surface area (Å²) in [5.41, 5.74) is 12.5. The fourth-order valence-corrected chi connectivity index (χ4v) is 5.05. The molecule has 3 aromatic rings. The molecule has 9 heteroatoms. The number of aldehydes is 1. The molecule has 36 heavy (non-hydrogen) atoms. The Kier molecular flexibility index (Phi) is 6.73. The van der Waals surface area contributed by atoms with Crippen LogP contribution in [0.2, 0.25) is 0 Å². The molecule has 1 saturated heterocycles. The zero-order chi connectivity index (χ0) is 25.1. The van der Waals surface area contributed by atoms with Crippen LogP contribution in [-0.2, 0) is 16.1 Å². The van der Waals surface area contributed by atoms with Crippen LogP contribution in [0.25, 0.3) is 17.3 Å². The summed E-state index contributed by atoms with van der Waals surface area (Å²) < 4.78 is 0. The second kappa shape index (κ2) is 10.2. The number of hydrogen-bond acceptors (Lipinski definition) is 8. The number of carbonyl (C=O) groups excluding carboxylic acids is 2.